The number of nitrogens with zero attached hydrogens (tertiary/aromatic N) is 8. The molecule has 15 heteroatoms. The minimum Gasteiger partial charge on any atom is -0.501 e. The molecule has 42 heavy (non-hydrogen) atoms. The molecule has 13 nitrogen and oxygen atoms in total. The number of rotatable bonds is 6. The van der Waals surface area contributed by atoms with Crippen LogP contribution in [-0.2, 0) is 27.3 Å². The second-order valence-corrected chi connectivity index (χ2v) is 11.5. The van der Waals surface area contributed by atoms with Crippen LogP contribution in [0.2, 0.25) is 0 Å². The van der Waals surface area contributed by atoms with Gasteiger partial charge in [0.25, 0.3) is 0 Å². The molecule has 0 atom stereocenters. The molecular formula is C27H27FN8O5S. The average Bonchev–Trinajstić information content (AvgIpc) is 3.65. The fraction of sp³-hybridized carbons (Fsp3) is 0.333. The predicted molar refractivity (Wildman–Crippen MR) is 151 cm³/mol. The number of imidazole rings is 1. The number of thiazole rings is 1. The summed E-state index contributed by atoms with van der Waals surface area (Å²) in [5.74, 6) is -2.80. The molecule has 218 valence electrons. The number of piperazine rings is 1. The van der Waals surface area contributed by atoms with Crippen molar-refractivity contribution in [3.8, 4) is 16.5 Å². The third kappa shape index (κ3) is 4.90. The number of aromatic hydroxyl groups is 1. The highest BCUT2D eigenvalue weighted by Gasteiger charge is 2.38. The number of carbonyl (C=O) groups is 3. The molecule has 4 aromatic rings. The van der Waals surface area contributed by atoms with Crippen molar-refractivity contribution in [3.05, 3.63) is 63.3 Å². The summed E-state index contributed by atoms with van der Waals surface area (Å²) in [6.45, 7) is 2.24. The summed E-state index contributed by atoms with van der Waals surface area (Å²) in [4.78, 5) is 67.7. The van der Waals surface area contributed by atoms with E-state index >= 15 is 0 Å². The van der Waals surface area contributed by atoms with Gasteiger partial charge in [0.05, 0.1) is 0 Å². The van der Waals surface area contributed by atoms with Gasteiger partial charge >= 0.3 is 17.4 Å². The van der Waals surface area contributed by atoms with Crippen LogP contribution in [0, 0.1) is 5.82 Å². The molecule has 1 N–H and O–H groups in total. The van der Waals surface area contributed by atoms with Gasteiger partial charge in [-0.3, -0.25) is 24.1 Å². The number of anilines is 1. The van der Waals surface area contributed by atoms with Gasteiger partial charge in [-0.15, -0.1) is 11.3 Å². The molecule has 0 unspecified atom stereocenters. The molecule has 5 heterocycles. The Balaban J connectivity index is 1.41. The van der Waals surface area contributed by atoms with Crippen molar-refractivity contribution in [1.29, 1.82) is 0 Å². The zero-order valence-corrected chi connectivity index (χ0v) is 23.7. The Kier molecular flexibility index (Phi) is 6.98. The van der Waals surface area contributed by atoms with Gasteiger partial charge in [-0.05, 0) is 24.7 Å². The molecule has 0 radical (unpaired) electrons. The van der Waals surface area contributed by atoms with E-state index in [1.807, 2.05) is 7.05 Å². The lowest BCUT2D eigenvalue weighted by Gasteiger charge is -2.32. The molecule has 2 saturated heterocycles. The fourth-order valence-corrected chi connectivity index (χ4v) is 5.95. The van der Waals surface area contributed by atoms with Gasteiger partial charge in [0.15, 0.2) is 5.69 Å². The Labute approximate surface area is 242 Å². The highest BCUT2D eigenvalue weighted by atomic mass is 32.1. The fourth-order valence-electron chi connectivity index (χ4n) is 5.01. The van der Waals surface area contributed by atoms with Crippen molar-refractivity contribution in [2.45, 2.75) is 13.0 Å². The van der Waals surface area contributed by atoms with Gasteiger partial charge < -0.3 is 24.4 Å². The second-order valence-electron chi connectivity index (χ2n) is 10.4. The van der Waals surface area contributed by atoms with Crippen molar-refractivity contribution in [1.82, 2.24) is 33.6 Å². The van der Waals surface area contributed by atoms with E-state index < -0.39 is 23.1 Å². The number of aromatic nitrogens is 4. The minimum absolute atomic E-state index is 0.00867. The van der Waals surface area contributed by atoms with Gasteiger partial charge in [0.2, 0.25) is 17.4 Å². The number of benzene rings is 1. The van der Waals surface area contributed by atoms with Crippen molar-refractivity contribution in [3.63, 3.8) is 0 Å². The first-order valence-corrected chi connectivity index (χ1v) is 14.0. The van der Waals surface area contributed by atoms with Crippen molar-refractivity contribution in [2.24, 2.45) is 0 Å². The van der Waals surface area contributed by atoms with Gasteiger partial charge in [-0.2, -0.15) is 0 Å². The topological polar surface area (TPSA) is 137 Å². The Bertz CT molecular complexity index is 1770. The molecule has 0 bridgehead atoms. The molecule has 1 aromatic carbocycles. The van der Waals surface area contributed by atoms with Gasteiger partial charge in [-0.25, -0.2) is 18.8 Å². The monoisotopic (exact) mass is 594 g/mol. The van der Waals surface area contributed by atoms with Crippen LogP contribution in [0.15, 0.2) is 41.5 Å². The van der Waals surface area contributed by atoms with Crippen LogP contribution in [0.4, 0.5) is 10.2 Å². The highest BCUT2D eigenvalue weighted by Crippen LogP contribution is 2.32. The average molecular weight is 595 g/mol. The molecule has 2 aliphatic heterocycles. The number of hydrogen-bond donors (Lipinski definition) is 1. The summed E-state index contributed by atoms with van der Waals surface area (Å²) in [6, 6.07) is 6.06. The van der Waals surface area contributed by atoms with E-state index in [1.54, 1.807) is 23.2 Å². The first-order valence-electron chi connectivity index (χ1n) is 13.2. The van der Waals surface area contributed by atoms with E-state index in [4.69, 9.17) is 0 Å². The van der Waals surface area contributed by atoms with Crippen LogP contribution in [0.3, 0.4) is 0 Å². The molecular weight excluding hydrogens is 567 g/mol. The molecule has 0 saturated carbocycles. The van der Waals surface area contributed by atoms with Crippen molar-refractivity contribution < 1.29 is 23.9 Å². The summed E-state index contributed by atoms with van der Waals surface area (Å²) in [7, 11) is 3.44. The molecule has 2 aliphatic rings. The zero-order chi connectivity index (χ0) is 29.7. The smallest absolute Gasteiger partial charge is 0.319 e. The number of carbonyl (C=O) groups excluding carboxylic acids is 3. The summed E-state index contributed by atoms with van der Waals surface area (Å²) in [6.07, 6.45) is 3.48. The van der Waals surface area contributed by atoms with E-state index in [2.05, 4.69) is 14.9 Å². The number of likely N-dealkylation sites (N-methyl/N-ethyl adjacent to an activating group) is 2. The largest absolute Gasteiger partial charge is 0.501 e. The normalized spacial score (nSPS) is 16.3. The van der Waals surface area contributed by atoms with Crippen molar-refractivity contribution >= 4 is 40.7 Å². The molecule has 6 rings (SSSR count). The number of amides is 3. The quantitative estimate of drug-likeness (QED) is 0.321. The third-order valence-electron chi connectivity index (χ3n) is 7.41. The van der Waals surface area contributed by atoms with Crippen LogP contribution in [0.5, 0.6) is 5.75 Å². The zero-order valence-electron chi connectivity index (χ0n) is 22.9. The molecule has 0 aliphatic carbocycles. The lowest BCUT2D eigenvalue weighted by atomic mass is 10.1. The summed E-state index contributed by atoms with van der Waals surface area (Å²) < 4.78 is 15.8. The van der Waals surface area contributed by atoms with Gasteiger partial charge in [-0.1, -0.05) is 12.1 Å². The van der Waals surface area contributed by atoms with Crippen LogP contribution >= 0.6 is 11.3 Å². The summed E-state index contributed by atoms with van der Waals surface area (Å²) >= 11 is 1.21. The van der Waals surface area contributed by atoms with E-state index in [-0.39, 0.29) is 47.2 Å². The van der Waals surface area contributed by atoms with E-state index in [9.17, 15) is 28.7 Å². The highest BCUT2D eigenvalue weighted by molar-refractivity contribution is 7.15. The van der Waals surface area contributed by atoms with Crippen LogP contribution in [0.25, 0.3) is 16.5 Å². The Morgan fingerprint density at radius 1 is 1.05 bits per heavy atom. The van der Waals surface area contributed by atoms with Crippen LogP contribution in [-0.4, -0.2) is 103 Å². The summed E-state index contributed by atoms with van der Waals surface area (Å²) in [5.41, 5.74) is -0.0924. The number of fused-ring (bicyclic) bond motifs is 1. The van der Waals surface area contributed by atoms with Crippen LogP contribution in [0.1, 0.15) is 10.4 Å². The Hall–Kier alpha value is -4.63. The number of hydrogen-bond acceptors (Lipinski definition) is 9. The van der Waals surface area contributed by atoms with Crippen molar-refractivity contribution in [2.75, 3.05) is 51.8 Å². The van der Waals surface area contributed by atoms with E-state index in [0.717, 1.165) is 32.8 Å². The maximum atomic E-state index is 13.6. The maximum absolute atomic E-state index is 13.6. The molecule has 2 fully saturated rings. The first kappa shape index (κ1) is 27.5. The predicted octanol–water partition coefficient (Wildman–Crippen LogP) is 0.591. The minimum atomic E-state index is -0.874. The SMILES string of the molecule is CN1CCN(C(=O)Cn2cc(N3CN(C)C(=O)C3=O)n3c(=O)c(O)c(-c4ncc(Cc5ccc(F)cc5)s4)nc23)CC1. The standard InChI is InChI=1S/C27H27FN8O5S/c1-31-7-9-33(10-8-31)20(37)14-34-13-19(35-15-32(2)25(40)26(35)41)36-24(39)22(38)21(30-27(34)36)23-29-12-18(42-23)11-16-3-5-17(28)6-4-16/h3-6,12-13,38H,7-11,14-15H2,1-2H3. The van der Waals surface area contributed by atoms with Gasteiger partial charge in [0, 0.05) is 56.9 Å². The third-order valence-corrected chi connectivity index (χ3v) is 8.42. The molecule has 3 aromatic heterocycles. The lowest BCUT2D eigenvalue weighted by molar-refractivity contribution is -0.139. The Morgan fingerprint density at radius 3 is 2.43 bits per heavy atom. The Morgan fingerprint density at radius 2 is 1.76 bits per heavy atom. The summed E-state index contributed by atoms with van der Waals surface area (Å²) in [5, 5.41) is 11.3. The maximum Gasteiger partial charge on any atom is 0.319 e. The number of halogens is 1. The van der Waals surface area contributed by atoms with E-state index in [0.29, 0.717) is 19.5 Å². The lowest BCUT2D eigenvalue weighted by Crippen LogP contribution is -2.48. The molecule has 0 spiro atoms. The first-order chi connectivity index (χ1) is 20.1. The molecule has 3 amide bonds. The second kappa shape index (κ2) is 10.6. The van der Waals surface area contributed by atoms with Gasteiger partial charge in [0.1, 0.15) is 29.9 Å². The van der Waals surface area contributed by atoms with Crippen LogP contribution < -0.4 is 10.5 Å². The van der Waals surface area contributed by atoms with E-state index in [1.165, 1.54) is 46.2 Å².